The first-order valence-electron chi connectivity index (χ1n) is 5.38. The van der Waals surface area contributed by atoms with Crippen molar-refractivity contribution in [1.29, 1.82) is 0 Å². The minimum atomic E-state index is -0.964. The predicted octanol–water partition coefficient (Wildman–Crippen LogP) is 0.672. The van der Waals surface area contributed by atoms with Crippen LogP contribution in [0, 0.1) is 10.1 Å². The van der Waals surface area contributed by atoms with E-state index in [1.54, 1.807) is 6.92 Å². The number of ether oxygens (including phenoxy) is 1. The summed E-state index contributed by atoms with van der Waals surface area (Å²) in [6.45, 7) is 1.79. The standard InChI is InChI=1S/C9H11BrN4O5S/c1-2-19-9(16)4(3-20)11-8(15)6-5(10)7(13-12-6)14(17)18/h4,20H,2-3H2,1H3,(H,11,15)(H,12,13)/t4-/m0/s1. The van der Waals surface area contributed by atoms with Crippen LogP contribution in [-0.2, 0) is 9.53 Å². The lowest BCUT2D eigenvalue weighted by Crippen LogP contribution is -2.43. The molecule has 1 aromatic rings. The van der Waals surface area contributed by atoms with Gasteiger partial charge in [-0.3, -0.25) is 4.79 Å². The number of H-pyrrole nitrogens is 1. The molecule has 1 aromatic heterocycles. The molecular weight excluding hydrogens is 356 g/mol. The first kappa shape index (κ1) is 16.4. The molecule has 0 bridgehead atoms. The highest BCUT2D eigenvalue weighted by atomic mass is 79.9. The third kappa shape index (κ3) is 3.70. The number of esters is 1. The molecular formula is C9H11BrN4O5S. The first-order chi connectivity index (χ1) is 9.42. The van der Waals surface area contributed by atoms with E-state index < -0.39 is 28.7 Å². The summed E-state index contributed by atoms with van der Waals surface area (Å²) in [7, 11) is 0. The second kappa shape index (κ2) is 7.24. The zero-order valence-corrected chi connectivity index (χ0v) is 12.7. The Labute approximate surface area is 127 Å². The summed E-state index contributed by atoms with van der Waals surface area (Å²) in [6, 6.07) is -0.964. The largest absolute Gasteiger partial charge is 0.464 e. The SMILES string of the molecule is CCOC(=O)[C@H](CS)NC(=O)c1n[nH]c([N+](=O)[O-])c1Br. The maximum atomic E-state index is 11.9. The van der Waals surface area contributed by atoms with Crippen molar-refractivity contribution < 1.29 is 19.2 Å². The van der Waals surface area contributed by atoms with Crippen LogP contribution in [0.5, 0.6) is 0 Å². The molecule has 1 amide bonds. The van der Waals surface area contributed by atoms with Crippen LogP contribution in [0.15, 0.2) is 4.47 Å². The van der Waals surface area contributed by atoms with Gasteiger partial charge in [-0.15, -0.1) is 5.10 Å². The molecule has 1 atom stereocenters. The Kier molecular flexibility index (Phi) is 5.95. The van der Waals surface area contributed by atoms with Gasteiger partial charge < -0.3 is 20.2 Å². The van der Waals surface area contributed by atoms with Crippen LogP contribution >= 0.6 is 28.6 Å². The number of aromatic amines is 1. The summed E-state index contributed by atoms with van der Waals surface area (Å²) in [5.41, 5.74) is -0.229. The summed E-state index contributed by atoms with van der Waals surface area (Å²) >= 11 is 6.84. The molecule has 1 rings (SSSR count). The van der Waals surface area contributed by atoms with Gasteiger partial charge in [0.25, 0.3) is 5.91 Å². The number of carbonyl (C=O) groups excluding carboxylic acids is 2. The number of halogens is 1. The quantitative estimate of drug-likeness (QED) is 0.294. The lowest BCUT2D eigenvalue weighted by Gasteiger charge is -2.13. The molecule has 0 unspecified atom stereocenters. The fourth-order valence-corrected chi connectivity index (χ4v) is 1.98. The highest BCUT2D eigenvalue weighted by Crippen LogP contribution is 2.25. The van der Waals surface area contributed by atoms with Crippen LogP contribution in [0.4, 0.5) is 5.82 Å². The van der Waals surface area contributed by atoms with Crippen molar-refractivity contribution in [2.75, 3.05) is 12.4 Å². The van der Waals surface area contributed by atoms with Crippen LogP contribution in [-0.4, -0.2) is 45.4 Å². The van der Waals surface area contributed by atoms with Crippen LogP contribution in [0.2, 0.25) is 0 Å². The van der Waals surface area contributed by atoms with Crippen molar-refractivity contribution in [3.8, 4) is 0 Å². The topological polar surface area (TPSA) is 127 Å². The summed E-state index contributed by atoms with van der Waals surface area (Å²) in [6.07, 6.45) is 0. The third-order valence-corrected chi connectivity index (χ3v) is 3.26. The minimum Gasteiger partial charge on any atom is -0.464 e. The van der Waals surface area contributed by atoms with E-state index in [1.807, 2.05) is 0 Å². The molecule has 2 N–H and O–H groups in total. The van der Waals surface area contributed by atoms with E-state index >= 15 is 0 Å². The fraction of sp³-hybridized carbons (Fsp3) is 0.444. The first-order valence-corrected chi connectivity index (χ1v) is 6.81. The zero-order chi connectivity index (χ0) is 15.3. The summed E-state index contributed by atoms with van der Waals surface area (Å²) in [5.74, 6) is -1.83. The third-order valence-electron chi connectivity index (χ3n) is 2.15. The van der Waals surface area contributed by atoms with E-state index in [0.717, 1.165) is 0 Å². The average Bonchev–Trinajstić information content (AvgIpc) is 2.77. The number of nitro groups is 1. The Balaban J connectivity index is 2.85. The summed E-state index contributed by atoms with van der Waals surface area (Å²) in [5, 5.41) is 18.6. The van der Waals surface area contributed by atoms with Crippen molar-refractivity contribution in [2.24, 2.45) is 0 Å². The molecule has 0 aliphatic rings. The molecule has 0 radical (unpaired) electrons. The highest BCUT2D eigenvalue weighted by Gasteiger charge is 2.28. The molecule has 9 nitrogen and oxygen atoms in total. The molecule has 0 aliphatic heterocycles. The monoisotopic (exact) mass is 366 g/mol. The molecule has 110 valence electrons. The van der Waals surface area contributed by atoms with Gasteiger partial charge in [0, 0.05) is 5.75 Å². The van der Waals surface area contributed by atoms with Crippen LogP contribution < -0.4 is 5.32 Å². The van der Waals surface area contributed by atoms with Crippen molar-refractivity contribution >= 4 is 46.3 Å². The second-order valence-corrected chi connectivity index (χ2v) is 4.61. The van der Waals surface area contributed by atoms with Gasteiger partial charge >= 0.3 is 11.8 Å². The Bertz CT molecular complexity index is 534. The number of amides is 1. The number of rotatable bonds is 6. The predicted molar refractivity (Wildman–Crippen MR) is 74.7 cm³/mol. The normalized spacial score (nSPS) is 11.8. The van der Waals surface area contributed by atoms with Gasteiger partial charge in [-0.05, 0) is 27.8 Å². The number of hydrogen-bond donors (Lipinski definition) is 3. The lowest BCUT2D eigenvalue weighted by molar-refractivity contribution is -0.390. The number of nitrogens with one attached hydrogen (secondary N) is 2. The Morgan fingerprint density at radius 3 is 2.75 bits per heavy atom. The van der Waals surface area contributed by atoms with Crippen LogP contribution in [0.3, 0.4) is 0 Å². The second-order valence-electron chi connectivity index (χ2n) is 3.45. The number of carbonyl (C=O) groups is 2. The number of nitrogens with zero attached hydrogens (tertiary/aromatic N) is 2. The van der Waals surface area contributed by atoms with Gasteiger partial charge in [0.15, 0.2) is 5.69 Å². The van der Waals surface area contributed by atoms with Crippen molar-refractivity contribution in [2.45, 2.75) is 13.0 Å². The molecule has 0 saturated carbocycles. The molecule has 1 heterocycles. The zero-order valence-electron chi connectivity index (χ0n) is 10.3. The van der Waals surface area contributed by atoms with Crippen molar-refractivity contribution in [3.05, 3.63) is 20.3 Å². The van der Waals surface area contributed by atoms with Gasteiger partial charge in [0.1, 0.15) is 10.5 Å². The molecule has 11 heteroatoms. The van der Waals surface area contributed by atoms with E-state index in [-0.39, 0.29) is 22.5 Å². The van der Waals surface area contributed by atoms with Crippen LogP contribution in [0.1, 0.15) is 17.4 Å². The molecule has 0 aromatic carbocycles. The van der Waals surface area contributed by atoms with E-state index in [0.29, 0.717) is 0 Å². The molecule has 20 heavy (non-hydrogen) atoms. The molecule has 0 fully saturated rings. The van der Waals surface area contributed by atoms with Gasteiger partial charge in [-0.25, -0.2) is 4.79 Å². The minimum absolute atomic E-state index is 0.0225. The summed E-state index contributed by atoms with van der Waals surface area (Å²) in [4.78, 5) is 33.3. The fourth-order valence-electron chi connectivity index (χ4n) is 1.24. The van der Waals surface area contributed by atoms with E-state index in [2.05, 4.69) is 44.1 Å². The van der Waals surface area contributed by atoms with Gasteiger partial charge in [0.2, 0.25) is 0 Å². The smallest absolute Gasteiger partial charge is 0.357 e. The van der Waals surface area contributed by atoms with Crippen molar-refractivity contribution in [1.82, 2.24) is 15.5 Å². The van der Waals surface area contributed by atoms with Crippen LogP contribution in [0.25, 0.3) is 0 Å². The molecule has 0 saturated heterocycles. The summed E-state index contributed by atoms with van der Waals surface area (Å²) < 4.78 is 4.66. The Morgan fingerprint density at radius 2 is 2.30 bits per heavy atom. The van der Waals surface area contributed by atoms with E-state index in [1.165, 1.54) is 0 Å². The number of thiol groups is 1. The maximum Gasteiger partial charge on any atom is 0.357 e. The molecule has 0 aliphatic carbocycles. The van der Waals surface area contributed by atoms with Crippen molar-refractivity contribution in [3.63, 3.8) is 0 Å². The average molecular weight is 367 g/mol. The Morgan fingerprint density at radius 1 is 1.65 bits per heavy atom. The number of hydrogen-bond acceptors (Lipinski definition) is 7. The van der Waals surface area contributed by atoms with E-state index in [9.17, 15) is 19.7 Å². The lowest BCUT2D eigenvalue weighted by atomic mass is 10.3. The molecule has 0 spiro atoms. The number of aromatic nitrogens is 2. The van der Waals surface area contributed by atoms with Gasteiger partial charge in [-0.2, -0.15) is 12.6 Å². The van der Waals surface area contributed by atoms with Gasteiger partial charge in [0.05, 0.1) is 6.61 Å². The maximum absolute atomic E-state index is 11.9. The highest BCUT2D eigenvalue weighted by molar-refractivity contribution is 9.10. The van der Waals surface area contributed by atoms with E-state index in [4.69, 9.17) is 4.74 Å². The van der Waals surface area contributed by atoms with Gasteiger partial charge in [-0.1, -0.05) is 5.10 Å². The Hall–Kier alpha value is -1.62.